The van der Waals surface area contributed by atoms with Crippen molar-refractivity contribution in [1.82, 2.24) is 4.98 Å². The van der Waals surface area contributed by atoms with E-state index in [0.29, 0.717) is 11.8 Å². The van der Waals surface area contributed by atoms with Gasteiger partial charge in [-0.05, 0) is 71.4 Å². The molecule has 4 aromatic carbocycles. The van der Waals surface area contributed by atoms with Crippen LogP contribution < -0.4 is 14.7 Å². The Balaban J connectivity index is 0.000000281. The molecule has 5 aromatic rings. The first kappa shape index (κ1) is 35.9. The van der Waals surface area contributed by atoms with Gasteiger partial charge in [0.15, 0.2) is 0 Å². The smallest absolute Gasteiger partial charge is 0.490 e. The summed E-state index contributed by atoms with van der Waals surface area (Å²) in [5, 5.41) is 0. The summed E-state index contributed by atoms with van der Waals surface area (Å²) < 4.78 is 0. The number of aromatic nitrogens is 1. The SMILES string of the molecule is CC(C)c1cccc(C(C)C)c1N1[CH-]N2c3[c-]cc4c(c3N(C)c3cccc1c32)C(C)(C)CCC4(C)C.[Ir+3].[c-]1ccccc1-c1ccccn1. The molecule has 3 heterocycles. The van der Waals surface area contributed by atoms with E-state index in [1.165, 1.54) is 69.2 Å². The third-order valence-corrected chi connectivity index (χ3v) is 10.8. The van der Waals surface area contributed by atoms with E-state index < -0.39 is 0 Å². The molecule has 0 saturated carbocycles. The number of fused-ring (bicyclic) bond motifs is 4. The topological polar surface area (TPSA) is 22.6 Å². The van der Waals surface area contributed by atoms with E-state index in [-0.39, 0.29) is 30.9 Å². The van der Waals surface area contributed by atoms with Crippen LogP contribution >= 0.6 is 0 Å². The molecule has 0 unspecified atom stereocenters. The molecule has 0 atom stereocenters. The number of benzene rings is 4. The van der Waals surface area contributed by atoms with Gasteiger partial charge in [0, 0.05) is 17.6 Å². The number of anilines is 6. The fourth-order valence-corrected chi connectivity index (χ4v) is 7.94. The Morgan fingerprint density at radius 2 is 1.36 bits per heavy atom. The van der Waals surface area contributed by atoms with E-state index in [9.17, 15) is 0 Å². The molecule has 2 aliphatic heterocycles. The summed E-state index contributed by atoms with van der Waals surface area (Å²) in [5.74, 6) is 0.869. The second-order valence-electron chi connectivity index (χ2n) is 15.7. The van der Waals surface area contributed by atoms with Crippen molar-refractivity contribution in [3.8, 4) is 11.3 Å². The molecular formula is C45H49IrN4. The van der Waals surface area contributed by atoms with Gasteiger partial charge >= 0.3 is 20.1 Å². The summed E-state index contributed by atoms with van der Waals surface area (Å²) in [6.45, 7) is 21.2. The molecule has 0 spiro atoms. The van der Waals surface area contributed by atoms with E-state index in [0.717, 1.165) is 11.3 Å². The zero-order valence-electron chi connectivity index (χ0n) is 30.9. The van der Waals surface area contributed by atoms with E-state index in [1.54, 1.807) is 6.20 Å². The largest absolute Gasteiger partial charge is 3.00 e. The maximum absolute atomic E-state index is 4.22. The quantitative estimate of drug-likeness (QED) is 0.168. The summed E-state index contributed by atoms with van der Waals surface area (Å²) in [5.41, 5.74) is 15.6. The van der Waals surface area contributed by atoms with Crippen molar-refractivity contribution in [2.24, 2.45) is 0 Å². The van der Waals surface area contributed by atoms with Gasteiger partial charge in [0.2, 0.25) is 0 Å². The molecule has 5 heteroatoms. The van der Waals surface area contributed by atoms with Gasteiger partial charge in [-0.2, -0.15) is 12.1 Å². The summed E-state index contributed by atoms with van der Waals surface area (Å²) in [6, 6.07) is 36.5. The minimum Gasteiger partial charge on any atom is -0.490 e. The van der Waals surface area contributed by atoms with E-state index in [4.69, 9.17) is 0 Å². The van der Waals surface area contributed by atoms with Gasteiger partial charge in [-0.3, -0.25) is 0 Å². The maximum atomic E-state index is 4.22. The Hall–Kier alpha value is -3.92. The molecule has 0 saturated heterocycles. The number of hydrogen-bond acceptors (Lipinski definition) is 4. The predicted octanol–water partition coefficient (Wildman–Crippen LogP) is 12.1. The third-order valence-electron chi connectivity index (χ3n) is 10.8. The standard InChI is InChI=1S/C34H41N3.C11H8N.Ir/c1-21(2)23-12-10-13-24(22(3)4)30(23)36-20-37-28-17-16-25-29(34(7,8)19-18-33(25,5)6)32(28)35(9)26-14-11-15-27(36)31(26)37;1-2-6-10(7-3-1)11-8-4-5-9-12-11;/h10-16,20-22H,18-19H2,1-9H3;1-6,8-9H;/q-2;-1;+3. The van der Waals surface area contributed by atoms with Gasteiger partial charge in [0.05, 0.1) is 11.4 Å². The summed E-state index contributed by atoms with van der Waals surface area (Å²) in [6.07, 6.45) is 4.19. The van der Waals surface area contributed by atoms with Crippen molar-refractivity contribution >= 4 is 34.1 Å². The van der Waals surface area contributed by atoms with Gasteiger partial charge in [-0.1, -0.05) is 109 Å². The first-order valence-electron chi connectivity index (χ1n) is 17.8. The number of nitrogens with zero attached hydrogens (tertiary/aromatic N) is 4. The molecule has 0 fully saturated rings. The van der Waals surface area contributed by atoms with Gasteiger partial charge < -0.3 is 19.7 Å². The fourth-order valence-electron chi connectivity index (χ4n) is 7.94. The number of rotatable bonds is 4. The van der Waals surface area contributed by atoms with Crippen molar-refractivity contribution in [2.45, 2.75) is 90.9 Å². The average molecular weight is 838 g/mol. The Bertz CT molecular complexity index is 1920. The minimum absolute atomic E-state index is 0. The second-order valence-corrected chi connectivity index (χ2v) is 15.7. The van der Waals surface area contributed by atoms with Gasteiger partial charge in [-0.15, -0.1) is 53.7 Å². The van der Waals surface area contributed by atoms with Gasteiger partial charge in [0.25, 0.3) is 0 Å². The molecule has 0 amide bonds. The zero-order valence-corrected chi connectivity index (χ0v) is 33.3. The Morgan fingerprint density at radius 3 is 2.00 bits per heavy atom. The molecule has 258 valence electrons. The Kier molecular flexibility index (Phi) is 9.80. The fraction of sp³-hybridized carbons (Fsp3) is 0.333. The first-order chi connectivity index (χ1) is 23.4. The molecule has 8 rings (SSSR count). The first-order valence-corrected chi connectivity index (χ1v) is 17.8. The van der Waals surface area contributed by atoms with Gasteiger partial charge in [-0.25, -0.2) is 0 Å². The molecule has 1 aromatic heterocycles. The average Bonchev–Trinajstić information content (AvgIpc) is 3.49. The van der Waals surface area contributed by atoms with Crippen LogP contribution in [0.2, 0.25) is 0 Å². The summed E-state index contributed by atoms with van der Waals surface area (Å²) in [7, 11) is 2.25. The molecule has 3 aliphatic rings. The molecular weight excluding hydrogens is 789 g/mol. The van der Waals surface area contributed by atoms with Crippen molar-refractivity contribution in [1.29, 1.82) is 0 Å². The Labute approximate surface area is 313 Å². The summed E-state index contributed by atoms with van der Waals surface area (Å²) in [4.78, 5) is 11.5. The van der Waals surface area contributed by atoms with E-state index in [1.807, 2.05) is 42.5 Å². The van der Waals surface area contributed by atoms with Crippen molar-refractivity contribution in [3.05, 3.63) is 132 Å². The molecule has 0 N–H and O–H groups in total. The van der Waals surface area contributed by atoms with E-state index >= 15 is 0 Å². The van der Waals surface area contributed by atoms with Crippen molar-refractivity contribution in [2.75, 3.05) is 21.7 Å². The van der Waals surface area contributed by atoms with Crippen LogP contribution in [0.15, 0.2) is 91.1 Å². The van der Waals surface area contributed by atoms with Crippen LogP contribution in [0.4, 0.5) is 34.1 Å². The van der Waals surface area contributed by atoms with Crippen LogP contribution in [0.1, 0.15) is 102 Å². The van der Waals surface area contributed by atoms with Gasteiger partial charge in [0.1, 0.15) is 0 Å². The normalized spacial score (nSPS) is 16.3. The van der Waals surface area contributed by atoms with E-state index in [2.05, 4.69) is 143 Å². The predicted molar refractivity (Wildman–Crippen MR) is 207 cm³/mol. The second kappa shape index (κ2) is 13.7. The van der Waals surface area contributed by atoms with Crippen LogP contribution in [0, 0.1) is 18.8 Å². The summed E-state index contributed by atoms with van der Waals surface area (Å²) >= 11 is 0. The number of pyridine rings is 1. The molecule has 0 radical (unpaired) electrons. The molecule has 4 nitrogen and oxygen atoms in total. The van der Waals surface area contributed by atoms with Crippen molar-refractivity contribution in [3.63, 3.8) is 0 Å². The number of para-hydroxylation sites is 2. The monoisotopic (exact) mass is 838 g/mol. The van der Waals surface area contributed by atoms with Crippen LogP contribution in [-0.4, -0.2) is 12.0 Å². The molecule has 0 bridgehead atoms. The van der Waals surface area contributed by atoms with Crippen LogP contribution in [-0.2, 0) is 30.9 Å². The Morgan fingerprint density at radius 1 is 0.700 bits per heavy atom. The third kappa shape index (κ3) is 6.07. The maximum Gasteiger partial charge on any atom is 3.00 e. The van der Waals surface area contributed by atoms with Crippen LogP contribution in [0.25, 0.3) is 11.3 Å². The molecule has 1 aliphatic carbocycles. The van der Waals surface area contributed by atoms with Crippen LogP contribution in [0.3, 0.4) is 0 Å². The minimum atomic E-state index is 0. The van der Waals surface area contributed by atoms with Crippen LogP contribution in [0.5, 0.6) is 0 Å². The molecule has 50 heavy (non-hydrogen) atoms. The van der Waals surface area contributed by atoms with Crippen molar-refractivity contribution < 1.29 is 20.1 Å². The number of hydrogen-bond donors (Lipinski definition) is 0. The zero-order chi connectivity index (χ0) is 34.7.